The quantitative estimate of drug-likeness (QED) is 0.434. The van der Waals surface area contributed by atoms with Crippen molar-refractivity contribution in [1.82, 2.24) is 0 Å². The first-order valence-electron chi connectivity index (χ1n) is 5.10. The molecule has 0 saturated heterocycles. The maximum Gasteiger partial charge on any atom is 0.213 e. The largest absolute Gasteiger partial charge is 0.303 e. The summed E-state index contributed by atoms with van der Waals surface area (Å²) < 4.78 is 0. The Kier molecular flexibility index (Phi) is 3.77. The zero-order valence-electron chi connectivity index (χ0n) is 9.47. The summed E-state index contributed by atoms with van der Waals surface area (Å²) in [5, 5.41) is 10.6. The molecule has 0 radical (unpaired) electrons. The molecule has 0 aliphatic carbocycles. The van der Waals surface area contributed by atoms with Gasteiger partial charge in [0.1, 0.15) is 6.29 Å². The van der Waals surface area contributed by atoms with Crippen LogP contribution in [-0.2, 0) is 10.2 Å². The monoisotopic (exact) mass is 221 g/mol. The van der Waals surface area contributed by atoms with Gasteiger partial charge in [0.25, 0.3) is 0 Å². The van der Waals surface area contributed by atoms with Crippen molar-refractivity contribution in [2.24, 2.45) is 0 Å². The smallest absolute Gasteiger partial charge is 0.213 e. The fourth-order valence-electron chi connectivity index (χ4n) is 1.70. The normalized spacial score (nSPS) is 14.1. The third kappa shape index (κ3) is 2.89. The highest BCUT2D eigenvalue weighted by atomic mass is 16.6. The molecule has 0 amide bonds. The van der Waals surface area contributed by atoms with E-state index in [-0.39, 0.29) is 17.9 Å². The summed E-state index contributed by atoms with van der Waals surface area (Å²) in [5.41, 5.74) is 1.22. The number of hydrogen-bond acceptors (Lipinski definition) is 3. The van der Waals surface area contributed by atoms with Crippen LogP contribution in [0.25, 0.3) is 0 Å². The standard InChI is InChI=1S/C12H15NO3/c1-10-3-5-11(6-4-10)12(2,7-8-14)9-13(15)16/h3-6,8H,7,9H2,1-2H3/t12-/m1/s1. The van der Waals surface area contributed by atoms with Crippen LogP contribution in [0.15, 0.2) is 24.3 Å². The Hall–Kier alpha value is -1.71. The Labute approximate surface area is 94.4 Å². The second-order valence-electron chi connectivity index (χ2n) is 4.29. The number of aldehydes is 1. The highest BCUT2D eigenvalue weighted by Crippen LogP contribution is 2.27. The van der Waals surface area contributed by atoms with E-state index in [0.29, 0.717) is 0 Å². The number of nitrogens with zero attached hydrogens (tertiary/aromatic N) is 1. The average Bonchev–Trinajstić information content (AvgIpc) is 2.17. The number of aryl methyl sites for hydroxylation is 1. The molecule has 0 unspecified atom stereocenters. The van der Waals surface area contributed by atoms with Crippen molar-refractivity contribution in [3.05, 3.63) is 45.5 Å². The molecule has 1 atom stereocenters. The Morgan fingerprint density at radius 2 is 1.94 bits per heavy atom. The van der Waals surface area contributed by atoms with Crippen molar-refractivity contribution in [3.8, 4) is 0 Å². The number of nitro groups is 1. The van der Waals surface area contributed by atoms with E-state index in [1.807, 2.05) is 31.2 Å². The first-order valence-corrected chi connectivity index (χ1v) is 5.10. The summed E-state index contributed by atoms with van der Waals surface area (Å²) in [6.45, 7) is 3.47. The number of benzene rings is 1. The van der Waals surface area contributed by atoms with Gasteiger partial charge in [-0.2, -0.15) is 0 Å². The highest BCUT2D eigenvalue weighted by Gasteiger charge is 2.32. The van der Waals surface area contributed by atoms with Crippen LogP contribution in [0.2, 0.25) is 0 Å². The molecule has 4 heteroatoms. The maximum atomic E-state index is 10.6. The fraction of sp³-hybridized carbons (Fsp3) is 0.417. The lowest BCUT2D eigenvalue weighted by molar-refractivity contribution is -0.490. The molecule has 4 nitrogen and oxygen atoms in total. The topological polar surface area (TPSA) is 60.2 Å². The molecule has 1 aromatic carbocycles. The van der Waals surface area contributed by atoms with Crippen LogP contribution in [0.1, 0.15) is 24.5 Å². The summed E-state index contributed by atoms with van der Waals surface area (Å²) in [5.74, 6) is 0. The average molecular weight is 221 g/mol. The molecular formula is C12H15NO3. The minimum atomic E-state index is -0.709. The van der Waals surface area contributed by atoms with Crippen molar-refractivity contribution in [2.75, 3.05) is 6.54 Å². The molecule has 0 aliphatic rings. The van der Waals surface area contributed by atoms with Gasteiger partial charge in [0.15, 0.2) is 0 Å². The molecule has 0 fully saturated rings. The van der Waals surface area contributed by atoms with Crippen LogP contribution >= 0.6 is 0 Å². The lowest BCUT2D eigenvalue weighted by atomic mass is 9.80. The van der Waals surface area contributed by atoms with E-state index in [4.69, 9.17) is 0 Å². The maximum absolute atomic E-state index is 10.6. The molecule has 86 valence electrons. The van der Waals surface area contributed by atoms with Crippen LogP contribution < -0.4 is 0 Å². The number of carbonyl (C=O) groups is 1. The predicted molar refractivity (Wildman–Crippen MR) is 61.1 cm³/mol. The van der Waals surface area contributed by atoms with E-state index in [1.54, 1.807) is 6.92 Å². The zero-order valence-corrected chi connectivity index (χ0v) is 9.47. The van der Waals surface area contributed by atoms with Crippen LogP contribution in [0.3, 0.4) is 0 Å². The molecular weight excluding hydrogens is 206 g/mol. The summed E-state index contributed by atoms with van der Waals surface area (Å²) in [7, 11) is 0. The van der Waals surface area contributed by atoms with Crippen molar-refractivity contribution < 1.29 is 9.72 Å². The second-order valence-corrected chi connectivity index (χ2v) is 4.29. The van der Waals surface area contributed by atoms with Gasteiger partial charge in [-0.25, -0.2) is 0 Å². The van der Waals surface area contributed by atoms with Gasteiger partial charge in [-0.05, 0) is 19.4 Å². The molecule has 0 N–H and O–H groups in total. The molecule has 0 saturated carbocycles. The molecule has 16 heavy (non-hydrogen) atoms. The van der Waals surface area contributed by atoms with Crippen LogP contribution in [0, 0.1) is 17.0 Å². The van der Waals surface area contributed by atoms with Crippen LogP contribution in [0.5, 0.6) is 0 Å². The van der Waals surface area contributed by atoms with Crippen molar-refractivity contribution >= 4 is 6.29 Å². The van der Waals surface area contributed by atoms with E-state index < -0.39 is 5.41 Å². The summed E-state index contributed by atoms with van der Waals surface area (Å²) in [6.07, 6.45) is 0.903. The number of hydrogen-bond donors (Lipinski definition) is 0. The van der Waals surface area contributed by atoms with Gasteiger partial charge in [-0.1, -0.05) is 29.8 Å². The number of carbonyl (C=O) groups excluding carboxylic acids is 1. The van der Waals surface area contributed by atoms with Crippen molar-refractivity contribution in [1.29, 1.82) is 0 Å². The van der Waals surface area contributed by atoms with E-state index in [1.165, 1.54) is 0 Å². The Morgan fingerprint density at radius 1 is 1.38 bits per heavy atom. The van der Waals surface area contributed by atoms with Crippen molar-refractivity contribution in [3.63, 3.8) is 0 Å². The van der Waals surface area contributed by atoms with Gasteiger partial charge < -0.3 is 4.79 Å². The Balaban J connectivity index is 3.04. The van der Waals surface area contributed by atoms with Gasteiger partial charge in [0.2, 0.25) is 6.54 Å². The molecule has 0 heterocycles. The van der Waals surface area contributed by atoms with Gasteiger partial charge in [0, 0.05) is 11.3 Å². The lowest BCUT2D eigenvalue weighted by Gasteiger charge is -2.23. The summed E-state index contributed by atoms with van der Waals surface area (Å²) in [6, 6.07) is 7.50. The molecule has 0 aliphatic heterocycles. The second kappa shape index (κ2) is 4.88. The van der Waals surface area contributed by atoms with E-state index in [0.717, 1.165) is 17.4 Å². The zero-order chi connectivity index (χ0) is 12.2. The summed E-state index contributed by atoms with van der Waals surface area (Å²) in [4.78, 5) is 20.9. The third-order valence-corrected chi connectivity index (χ3v) is 2.76. The first kappa shape index (κ1) is 12.4. The fourth-order valence-corrected chi connectivity index (χ4v) is 1.70. The Bertz CT molecular complexity index is 386. The predicted octanol–water partition coefficient (Wildman–Crippen LogP) is 2.12. The van der Waals surface area contributed by atoms with E-state index >= 15 is 0 Å². The number of rotatable bonds is 5. The van der Waals surface area contributed by atoms with Gasteiger partial charge >= 0.3 is 0 Å². The molecule has 1 rings (SSSR count). The minimum absolute atomic E-state index is 0.164. The van der Waals surface area contributed by atoms with Crippen LogP contribution in [0.4, 0.5) is 0 Å². The van der Waals surface area contributed by atoms with Crippen molar-refractivity contribution in [2.45, 2.75) is 25.7 Å². The van der Waals surface area contributed by atoms with Gasteiger partial charge in [-0.15, -0.1) is 0 Å². The van der Waals surface area contributed by atoms with Crippen LogP contribution in [-0.4, -0.2) is 17.8 Å². The van der Waals surface area contributed by atoms with E-state index in [9.17, 15) is 14.9 Å². The molecule has 1 aromatic rings. The molecule has 0 spiro atoms. The highest BCUT2D eigenvalue weighted by molar-refractivity contribution is 5.53. The third-order valence-electron chi connectivity index (χ3n) is 2.76. The SMILES string of the molecule is Cc1ccc([C@](C)(CC=O)C[N+](=O)[O-])cc1. The summed E-state index contributed by atoms with van der Waals surface area (Å²) >= 11 is 0. The Morgan fingerprint density at radius 3 is 2.38 bits per heavy atom. The lowest BCUT2D eigenvalue weighted by Crippen LogP contribution is -2.31. The first-order chi connectivity index (χ1) is 7.48. The van der Waals surface area contributed by atoms with Gasteiger partial charge in [0.05, 0.1) is 5.41 Å². The minimum Gasteiger partial charge on any atom is -0.303 e. The molecule has 0 aromatic heterocycles. The van der Waals surface area contributed by atoms with Gasteiger partial charge in [-0.3, -0.25) is 10.1 Å². The van der Waals surface area contributed by atoms with E-state index in [2.05, 4.69) is 0 Å². The molecule has 0 bridgehead atoms.